The second kappa shape index (κ2) is 3.15. The Morgan fingerprint density at radius 2 is 2.14 bits per heavy atom. The van der Waals surface area contributed by atoms with E-state index in [4.69, 9.17) is 4.74 Å². The zero-order valence-corrected chi connectivity index (χ0v) is 8.84. The van der Waals surface area contributed by atoms with Crippen LogP contribution in [0.5, 0.6) is 0 Å². The highest BCUT2D eigenvalue weighted by atomic mass is 16.6. The molecule has 0 saturated carbocycles. The second-order valence-electron chi connectivity index (χ2n) is 4.54. The molecule has 0 aromatic rings. The van der Waals surface area contributed by atoms with Crippen LogP contribution in [0.3, 0.4) is 0 Å². The molecule has 1 amide bonds. The predicted octanol–water partition coefficient (Wildman–Crippen LogP) is 0.827. The summed E-state index contributed by atoms with van der Waals surface area (Å²) in [6, 6.07) is 0. The van der Waals surface area contributed by atoms with Gasteiger partial charge in [0.15, 0.2) is 5.54 Å². The van der Waals surface area contributed by atoms with E-state index in [1.807, 2.05) is 0 Å². The van der Waals surface area contributed by atoms with E-state index in [1.165, 1.54) is 0 Å². The summed E-state index contributed by atoms with van der Waals surface area (Å²) < 4.78 is 9.57. The number of cyclic esters (lactones) is 1. The first-order chi connectivity index (χ1) is 6.23. The van der Waals surface area contributed by atoms with Gasteiger partial charge in [-0.2, -0.15) is 0 Å². The molecule has 1 fully saturated rings. The third kappa shape index (κ3) is 2.37. The van der Waals surface area contributed by atoms with Crippen molar-refractivity contribution in [1.82, 2.24) is 5.32 Å². The van der Waals surface area contributed by atoms with Gasteiger partial charge in [-0.1, -0.05) is 0 Å². The van der Waals surface area contributed by atoms with Crippen LogP contribution in [0.1, 0.15) is 27.7 Å². The molecule has 0 aromatic carbocycles. The summed E-state index contributed by atoms with van der Waals surface area (Å²) in [5, 5.41) is 2.46. The number of rotatable bonds is 1. The van der Waals surface area contributed by atoms with Gasteiger partial charge in [0.25, 0.3) is 0 Å². The van der Waals surface area contributed by atoms with Crippen LogP contribution in [0.15, 0.2) is 0 Å². The number of amides is 1. The fraction of sp³-hybridized carbons (Fsp3) is 0.778. The van der Waals surface area contributed by atoms with Gasteiger partial charge < -0.3 is 14.8 Å². The molecule has 0 radical (unpaired) electrons. The summed E-state index contributed by atoms with van der Waals surface area (Å²) in [6.45, 7) is 7.07. The summed E-state index contributed by atoms with van der Waals surface area (Å²) in [4.78, 5) is 22.2. The fourth-order valence-electron chi connectivity index (χ4n) is 0.964. The summed E-state index contributed by atoms with van der Waals surface area (Å²) in [6.07, 6.45) is -0.600. The first-order valence-corrected chi connectivity index (χ1v) is 4.41. The molecule has 0 unspecified atom stereocenters. The molecule has 1 N–H and O–H groups in total. The molecule has 14 heavy (non-hydrogen) atoms. The number of ether oxygens (including phenoxy) is 2. The Morgan fingerprint density at radius 3 is 2.43 bits per heavy atom. The van der Waals surface area contributed by atoms with Crippen molar-refractivity contribution in [1.29, 1.82) is 0 Å². The monoisotopic (exact) mass is 201 g/mol. The molecule has 1 rings (SSSR count). The van der Waals surface area contributed by atoms with Gasteiger partial charge in [-0.15, -0.1) is 0 Å². The number of carbonyl (C=O) groups excluding carboxylic acids is 2. The van der Waals surface area contributed by atoms with Crippen LogP contribution in [0.4, 0.5) is 4.79 Å². The Morgan fingerprint density at radius 1 is 1.57 bits per heavy atom. The van der Waals surface area contributed by atoms with Crippen molar-refractivity contribution >= 4 is 12.1 Å². The molecule has 1 saturated heterocycles. The van der Waals surface area contributed by atoms with Crippen LogP contribution < -0.4 is 5.32 Å². The lowest BCUT2D eigenvalue weighted by molar-refractivity contribution is -0.173. The molecule has 1 atom stereocenters. The van der Waals surface area contributed by atoms with Crippen LogP contribution in [0.2, 0.25) is 0 Å². The molecule has 5 nitrogen and oxygen atoms in total. The average Bonchev–Trinajstić information content (AvgIpc) is 1.98. The predicted molar refractivity (Wildman–Crippen MR) is 48.7 cm³/mol. The highest BCUT2D eigenvalue weighted by molar-refractivity contribution is 5.89. The van der Waals surface area contributed by atoms with Crippen molar-refractivity contribution < 1.29 is 19.1 Å². The van der Waals surface area contributed by atoms with Crippen molar-refractivity contribution in [3.8, 4) is 0 Å². The number of hydrogen-bond donors (Lipinski definition) is 1. The maximum atomic E-state index is 11.3. The molecule has 0 bridgehead atoms. The van der Waals surface area contributed by atoms with Gasteiger partial charge in [0, 0.05) is 0 Å². The van der Waals surface area contributed by atoms with Crippen molar-refractivity contribution in [2.24, 2.45) is 0 Å². The third-order valence-electron chi connectivity index (χ3n) is 1.72. The summed E-state index contributed by atoms with van der Waals surface area (Å²) in [7, 11) is 0. The second-order valence-corrected chi connectivity index (χ2v) is 4.54. The molecule has 80 valence electrons. The lowest BCUT2D eigenvalue weighted by atomic mass is 10.0. The van der Waals surface area contributed by atoms with E-state index in [0.29, 0.717) is 0 Å². The topological polar surface area (TPSA) is 64.6 Å². The average molecular weight is 201 g/mol. The van der Waals surface area contributed by atoms with Crippen molar-refractivity contribution in [3.63, 3.8) is 0 Å². The van der Waals surface area contributed by atoms with Gasteiger partial charge in [-0.05, 0) is 27.7 Å². The fourth-order valence-corrected chi connectivity index (χ4v) is 0.964. The molecule has 5 heteroatoms. The molecular formula is C9H15NO4. The molecule has 0 aromatic heterocycles. The van der Waals surface area contributed by atoms with Crippen molar-refractivity contribution in [3.05, 3.63) is 0 Å². The summed E-state index contributed by atoms with van der Waals surface area (Å²) in [5.41, 5.74) is -1.48. The lowest BCUT2D eigenvalue weighted by Gasteiger charge is -2.36. The minimum atomic E-state index is -0.914. The van der Waals surface area contributed by atoms with Crippen LogP contribution in [0, 0.1) is 0 Å². The van der Waals surface area contributed by atoms with Crippen LogP contribution in [0.25, 0.3) is 0 Å². The normalized spacial score (nSPS) is 26.1. The van der Waals surface area contributed by atoms with E-state index in [1.54, 1.807) is 27.7 Å². The lowest BCUT2D eigenvalue weighted by Crippen LogP contribution is -2.64. The largest absolute Gasteiger partial charge is 0.461 e. The van der Waals surface area contributed by atoms with Gasteiger partial charge in [-0.3, -0.25) is 0 Å². The molecule has 1 heterocycles. The number of hydrogen-bond acceptors (Lipinski definition) is 4. The third-order valence-corrected chi connectivity index (χ3v) is 1.72. The number of alkyl carbamates (subject to hydrolysis) is 1. The first kappa shape index (κ1) is 10.8. The van der Waals surface area contributed by atoms with Gasteiger partial charge in [-0.25, -0.2) is 9.59 Å². The molecule has 0 spiro atoms. The number of nitrogens with one attached hydrogen (secondary N) is 1. The highest BCUT2D eigenvalue weighted by Crippen LogP contribution is 2.18. The molecule has 1 aliphatic rings. The summed E-state index contributed by atoms with van der Waals surface area (Å²) >= 11 is 0. The Hall–Kier alpha value is -1.26. The SMILES string of the molecule is CC(C)(C)OC(=O)N[C@]1(C)COC1=O. The molecule has 1 aliphatic heterocycles. The Balaban J connectivity index is 2.45. The van der Waals surface area contributed by atoms with E-state index >= 15 is 0 Å². The van der Waals surface area contributed by atoms with E-state index in [9.17, 15) is 9.59 Å². The van der Waals surface area contributed by atoms with Crippen LogP contribution in [-0.2, 0) is 14.3 Å². The highest BCUT2D eigenvalue weighted by Gasteiger charge is 2.47. The first-order valence-electron chi connectivity index (χ1n) is 4.41. The minimum absolute atomic E-state index is 0.199. The maximum absolute atomic E-state index is 11.3. The van der Waals surface area contributed by atoms with Gasteiger partial charge >= 0.3 is 12.1 Å². The van der Waals surface area contributed by atoms with Crippen molar-refractivity contribution in [2.45, 2.75) is 38.8 Å². The quantitative estimate of drug-likeness (QED) is 0.638. The van der Waals surface area contributed by atoms with Gasteiger partial charge in [0.2, 0.25) is 0 Å². The van der Waals surface area contributed by atoms with E-state index < -0.39 is 23.2 Å². The standard InChI is InChI=1S/C9H15NO4/c1-8(2,3)14-7(12)10-9(4)5-13-6(9)11/h5H2,1-4H3,(H,10,12)/t9-/m1/s1. The number of esters is 1. The van der Waals surface area contributed by atoms with Crippen molar-refractivity contribution in [2.75, 3.05) is 6.61 Å². The zero-order chi connectivity index (χ0) is 11.0. The number of carbonyl (C=O) groups is 2. The minimum Gasteiger partial charge on any atom is -0.461 e. The van der Waals surface area contributed by atoms with Crippen LogP contribution in [-0.4, -0.2) is 29.8 Å². The Bertz CT molecular complexity index is 268. The maximum Gasteiger partial charge on any atom is 0.408 e. The van der Waals surface area contributed by atoms with E-state index in [2.05, 4.69) is 10.1 Å². The zero-order valence-electron chi connectivity index (χ0n) is 8.84. The molecular weight excluding hydrogens is 186 g/mol. The Kier molecular flexibility index (Phi) is 2.43. The molecule has 0 aliphatic carbocycles. The van der Waals surface area contributed by atoms with Crippen LogP contribution >= 0.6 is 0 Å². The smallest absolute Gasteiger partial charge is 0.408 e. The van der Waals surface area contributed by atoms with E-state index in [-0.39, 0.29) is 6.61 Å². The Labute approximate surface area is 82.8 Å². The van der Waals surface area contributed by atoms with E-state index in [0.717, 1.165) is 0 Å². The van der Waals surface area contributed by atoms with Gasteiger partial charge in [0.1, 0.15) is 12.2 Å². The van der Waals surface area contributed by atoms with Gasteiger partial charge in [0.05, 0.1) is 0 Å². The summed E-state index contributed by atoms with van der Waals surface area (Å²) in [5.74, 6) is -0.427.